The van der Waals surface area contributed by atoms with Crippen LogP contribution in [0.3, 0.4) is 0 Å². The number of benzene rings is 1. The highest BCUT2D eigenvalue weighted by Gasteiger charge is 2.23. The maximum Gasteiger partial charge on any atom is 0.349 e. The molecule has 0 fully saturated rings. The van der Waals surface area contributed by atoms with Gasteiger partial charge in [-0.15, -0.1) is 0 Å². The topological polar surface area (TPSA) is 86.1 Å². The number of thioether (sulfide) groups is 1. The van der Waals surface area contributed by atoms with Crippen molar-refractivity contribution in [2.24, 2.45) is 0 Å². The lowest BCUT2D eigenvalue weighted by atomic mass is 10.2. The van der Waals surface area contributed by atoms with E-state index in [1.165, 1.54) is 18.9 Å². The first-order valence-electron chi connectivity index (χ1n) is 9.83. The third-order valence-corrected chi connectivity index (χ3v) is 6.29. The van der Waals surface area contributed by atoms with Gasteiger partial charge in [0.25, 0.3) is 0 Å². The molecule has 0 aliphatic heterocycles. The minimum atomic E-state index is -0.302. The zero-order valence-electron chi connectivity index (χ0n) is 16.9. The first-order valence-corrected chi connectivity index (χ1v) is 11.2. The van der Waals surface area contributed by atoms with Crippen LogP contribution in [0.4, 0.5) is 5.69 Å². The van der Waals surface area contributed by atoms with E-state index in [0.29, 0.717) is 28.0 Å². The van der Waals surface area contributed by atoms with E-state index in [9.17, 15) is 9.59 Å². The molecule has 0 atom stereocenters. The summed E-state index contributed by atoms with van der Waals surface area (Å²) >= 11 is 7.30. The molecule has 31 heavy (non-hydrogen) atoms. The van der Waals surface area contributed by atoms with Crippen LogP contribution >= 0.6 is 23.4 Å². The van der Waals surface area contributed by atoms with Crippen molar-refractivity contribution >= 4 is 35.0 Å². The number of pyridine rings is 1. The van der Waals surface area contributed by atoms with Crippen molar-refractivity contribution in [3.05, 3.63) is 75.1 Å². The van der Waals surface area contributed by atoms with Crippen LogP contribution in [0.15, 0.2) is 52.5 Å². The van der Waals surface area contributed by atoms with Crippen LogP contribution in [-0.2, 0) is 24.2 Å². The standard InChI is InChI=1S/C22H21ClN4O3S/c1-30-19-8-7-15(23)10-17(19)25-20(28)13-31-21-16-5-2-6-18(16)27(22(29)26-21)12-14-4-3-9-24-11-14/h3-4,7-11H,2,5-6,12-13H2,1H3,(H,25,28). The van der Waals surface area contributed by atoms with Gasteiger partial charge in [-0.3, -0.25) is 14.3 Å². The molecular weight excluding hydrogens is 436 g/mol. The molecule has 160 valence electrons. The van der Waals surface area contributed by atoms with E-state index in [0.717, 1.165) is 36.1 Å². The summed E-state index contributed by atoms with van der Waals surface area (Å²) in [7, 11) is 1.53. The Balaban J connectivity index is 1.50. The average molecular weight is 457 g/mol. The van der Waals surface area contributed by atoms with Gasteiger partial charge in [0.15, 0.2) is 0 Å². The van der Waals surface area contributed by atoms with Gasteiger partial charge in [0, 0.05) is 28.7 Å². The minimum Gasteiger partial charge on any atom is -0.495 e. The molecule has 3 aromatic rings. The van der Waals surface area contributed by atoms with E-state index in [4.69, 9.17) is 16.3 Å². The summed E-state index contributed by atoms with van der Waals surface area (Å²) in [5.74, 6) is 0.430. The molecule has 0 saturated carbocycles. The number of amides is 1. The predicted octanol–water partition coefficient (Wildman–Crippen LogP) is 3.57. The summed E-state index contributed by atoms with van der Waals surface area (Å²) in [5.41, 5.74) is 3.22. The number of carbonyl (C=O) groups is 1. The fourth-order valence-electron chi connectivity index (χ4n) is 3.64. The summed E-state index contributed by atoms with van der Waals surface area (Å²) in [4.78, 5) is 33.7. The van der Waals surface area contributed by atoms with Gasteiger partial charge in [0.2, 0.25) is 5.91 Å². The first-order chi connectivity index (χ1) is 15.0. The number of aromatic nitrogens is 3. The van der Waals surface area contributed by atoms with Crippen LogP contribution in [0.5, 0.6) is 5.75 Å². The Labute approximate surface area is 188 Å². The van der Waals surface area contributed by atoms with Crippen molar-refractivity contribution in [2.45, 2.75) is 30.8 Å². The Morgan fingerprint density at radius 1 is 1.32 bits per heavy atom. The summed E-state index contributed by atoms with van der Waals surface area (Å²) in [6.45, 7) is 0.446. The molecule has 1 aliphatic carbocycles. The summed E-state index contributed by atoms with van der Waals surface area (Å²) < 4.78 is 6.98. The molecule has 0 unspecified atom stereocenters. The lowest BCUT2D eigenvalue weighted by Gasteiger charge is -2.14. The van der Waals surface area contributed by atoms with Crippen LogP contribution in [0.1, 0.15) is 23.2 Å². The van der Waals surface area contributed by atoms with Gasteiger partial charge >= 0.3 is 5.69 Å². The van der Waals surface area contributed by atoms with Gasteiger partial charge in [0.1, 0.15) is 10.8 Å². The summed E-state index contributed by atoms with van der Waals surface area (Å²) in [6.07, 6.45) is 6.10. The summed E-state index contributed by atoms with van der Waals surface area (Å²) in [5, 5.41) is 3.94. The average Bonchev–Trinajstić information content (AvgIpc) is 3.25. The van der Waals surface area contributed by atoms with Gasteiger partial charge < -0.3 is 10.1 Å². The normalized spacial score (nSPS) is 12.5. The van der Waals surface area contributed by atoms with Crippen LogP contribution in [0.2, 0.25) is 5.02 Å². The Kier molecular flexibility index (Phi) is 6.58. The number of hydrogen-bond acceptors (Lipinski definition) is 6. The molecule has 7 nitrogen and oxygen atoms in total. The number of hydrogen-bond donors (Lipinski definition) is 1. The third kappa shape index (κ3) is 4.91. The van der Waals surface area contributed by atoms with Crippen LogP contribution in [0, 0.1) is 0 Å². The molecule has 1 amide bonds. The molecule has 9 heteroatoms. The predicted molar refractivity (Wildman–Crippen MR) is 121 cm³/mol. The van der Waals surface area contributed by atoms with Crippen LogP contribution in [0.25, 0.3) is 0 Å². The molecule has 2 heterocycles. The SMILES string of the molecule is COc1ccc(Cl)cc1NC(=O)CSc1nc(=O)n(Cc2cccnc2)c2c1CCC2. The molecule has 1 aliphatic rings. The van der Waals surface area contributed by atoms with E-state index in [1.54, 1.807) is 35.2 Å². The number of nitrogens with zero attached hydrogens (tertiary/aromatic N) is 3. The Morgan fingerprint density at radius 3 is 2.97 bits per heavy atom. The fourth-order valence-corrected chi connectivity index (χ4v) is 4.69. The van der Waals surface area contributed by atoms with E-state index >= 15 is 0 Å². The highest BCUT2D eigenvalue weighted by atomic mass is 35.5. The number of rotatable bonds is 7. The van der Waals surface area contributed by atoms with Crippen molar-refractivity contribution in [2.75, 3.05) is 18.2 Å². The lowest BCUT2D eigenvalue weighted by Crippen LogP contribution is -2.28. The highest BCUT2D eigenvalue weighted by Crippen LogP contribution is 2.31. The lowest BCUT2D eigenvalue weighted by molar-refractivity contribution is -0.113. The maximum absolute atomic E-state index is 12.7. The Morgan fingerprint density at radius 2 is 2.19 bits per heavy atom. The second kappa shape index (κ2) is 9.53. The number of fused-ring (bicyclic) bond motifs is 1. The molecule has 0 radical (unpaired) electrons. The van der Waals surface area contributed by atoms with Gasteiger partial charge in [0.05, 0.1) is 25.1 Å². The number of nitrogens with one attached hydrogen (secondary N) is 1. The van der Waals surface area contributed by atoms with Crippen molar-refractivity contribution in [3.63, 3.8) is 0 Å². The second-order valence-electron chi connectivity index (χ2n) is 7.11. The molecule has 2 aromatic heterocycles. The number of methoxy groups -OCH3 is 1. The van der Waals surface area contributed by atoms with Gasteiger partial charge in [-0.25, -0.2) is 4.79 Å². The molecule has 0 bridgehead atoms. The maximum atomic E-state index is 12.7. The largest absolute Gasteiger partial charge is 0.495 e. The van der Waals surface area contributed by atoms with Gasteiger partial charge in [-0.1, -0.05) is 29.4 Å². The number of carbonyl (C=O) groups excluding carboxylic acids is 1. The molecule has 1 N–H and O–H groups in total. The van der Waals surface area contributed by atoms with Crippen molar-refractivity contribution in [1.82, 2.24) is 14.5 Å². The monoisotopic (exact) mass is 456 g/mol. The molecular formula is C22H21ClN4O3S. The molecule has 0 saturated heterocycles. The molecule has 1 aromatic carbocycles. The fraction of sp³-hybridized carbons (Fsp3) is 0.273. The Hall–Kier alpha value is -2.84. The molecule has 0 spiro atoms. The summed E-state index contributed by atoms with van der Waals surface area (Å²) in [6, 6.07) is 8.82. The van der Waals surface area contributed by atoms with Crippen LogP contribution < -0.4 is 15.7 Å². The Bertz CT molecular complexity index is 1170. The smallest absolute Gasteiger partial charge is 0.349 e. The van der Waals surface area contributed by atoms with Crippen LogP contribution in [-0.4, -0.2) is 33.3 Å². The minimum absolute atomic E-state index is 0.126. The quantitative estimate of drug-likeness (QED) is 0.432. The van der Waals surface area contributed by atoms with Crippen molar-refractivity contribution < 1.29 is 9.53 Å². The van der Waals surface area contributed by atoms with E-state index in [1.807, 2.05) is 12.1 Å². The molecule has 4 rings (SSSR count). The van der Waals surface area contributed by atoms with E-state index < -0.39 is 0 Å². The van der Waals surface area contributed by atoms with Crippen molar-refractivity contribution in [3.8, 4) is 5.75 Å². The van der Waals surface area contributed by atoms with Crippen molar-refractivity contribution in [1.29, 1.82) is 0 Å². The second-order valence-corrected chi connectivity index (χ2v) is 8.51. The number of halogens is 1. The van der Waals surface area contributed by atoms with Gasteiger partial charge in [-0.05, 0) is 49.1 Å². The zero-order valence-corrected chi connectivity index (χ0v) is 18.5. The number of ether oxygens (including phenoxy) is 1. The van der Waals surface area contributed by atoms with E-state index in [2.05, 4.69) is 15.3 Å². The first kappa shape index (κ1) is 21.4. The zero-order chi connectivity index (χ0) is 21.8. The third-order valence-electron chi connectivity index (χ3n) is 5.04. The number of anilines is 1. The van der Waals surface area contributed by atoms with E-state index in [-0.39, 0.29) is 17.3 Å². The highest BCUT2D eigenvalue weighted by molar-refractivity contribution is 8.00. The van der Waals surface area contributed by atoms with Gasteiger partial charge in [-0.2, -0.15) is 4.98 Å².